The van der Waals surface area contributed by atoms with E-state index < -0.39 is 0 Å². The third-order valence-corrected chi connectivity index (χ3v) is 2.71. The molecule has 0 bridgehead atoms. The van der Waals surface area contributed by atoms with Crippen molar-refractivity contribution in [1.29, 1.82) is 0 Å². The molecule has 0 aliphatic rings. The fraction of sp³-hybridized carbons (Fsp3) is 0.455. The first-order chi connectivity index (χ1) is 6.65. The number of anilines is 1. The smallest absolute Gasteiger partial charge is 0.0426 e. The maximum Gasteiger partial charge on any atom is 0.0426 e. The summed E-state index contributed by atoms with van der Waals surface area (Å²) in [6.07, 6.45) is 0.990. The van der Waals surface area contributed by atoms with Gasteiger partial charge in [-0.3, -0.25) is 0 Å². The average molecular weight is 232 g/mol. The van der Waals surface area contributed by atoms with Crippen molar-refractivity contribution < 1.29 is 0 Å². The zero-order valence-corrected chi connectivity index (χ0v) is 10.1. The second kappa shape index (κ2) is 5.47. The lowest BCUT2D eigenvalue weighted by atomic mass is 10.2. The van der Waals surface area contributed by atoms with E-state index in [0.29, 0.717) is 5.88 Å². The molecule has 0 saturated carbocycles. The van der Waals surface area contributed by atoms with Crippen LogP contribution in [0, 0.1) is 6.92 Å². The third kappa shape index (κ3) is 3.07. The van der Waals surface area contributed by atoms with Crippen LogP contribution in [0.3, 0.4) is 0 Å². The predicted molar refractivity (Wildman–Crippen MR) is 64.8 cm³/mol. The van der Waals surface area contributed by atoms with E-state index in [2.05, 4.69) is 18.9 Å². The van der Waals surface area contributed by atoms with Crippen LogP contribution in [0.1, 0.15) is 12.0 Å². The van der Waals surface area contributed by atoms with Crippen LogP contribution >= 0.6 is 23.2 Å². The summed E-state index contributed by atoms with van der Waals surface area (Å²) in [5, 5.41) is 0.781. The molecule has 14 heavy (non-hydrogen) atoms. The van der Waals surface area contributed by atoms with E-state index in [1.807, 2.05) is 18.2 Å². The van der Waals surface area contributed by atoms with Crippen LogP contribution in [-0.4, -0.2) is 19.5 Å². The summed E-state index contributed by atoms with van der Waals surface area (Å²) in [5.74, 6) is 0.698. The lowest BCUT2D eigenvalue weighted by Gasteiger charge is -2.21. The maximum absolute atomic E-state index is 5.94. The summed E-state index contributed by atoms with van der Waals surface area (Å²) in [7, 11) is 2.06. The summed E-state index contributed by atoms with van der Waals surface area (Å²) < 4.78 is 0. The van der Waals surface area contributed by atoms with Crippen LogP contribution in [0.25, 0.3) is 0 Å². The molecule has 0 aromatic heterocycles. The van der Waals surface area contributed by atoms with E-state index in [9.17, 15) is 0 Å². The van der Waals surface area contributed by atoms with Crippen molar-refractivity contribution in [3.63, 3.8) is 0 Å². The maximum atomic E-state index is 5.94. The Balaban J connectivity index is 2.77. The molecule has 0 radical (unpaired) electrons. The number of nitrogens with zero attached hydrogens (tertiary/aromatic N) is 1. The molecule has 0 N–H and O–H groups in total. The Kier molecular flexibility index (Phi) is 4.56. The standard InChI is InChI=1S/C11H15Cl2N/c1-9-4-5-10(13)8-11(9)14(2)7-3-6-12/h4-5,8H,3,6-7H2,1-2H3. The molecule has 0 aliphatic carbocycles. The minimum atomic E-state index is 0.698. The highest BCUT2D eigenvalue weighted by Crippen LogP contribution is 2.23. The Bertz CT molecular complexity index is 299. The largest absolute Gasteiger partial charge is 0.374 e. The molecule has 0 fully saturated rings. The molecule has 0 atom stereocenters. The van der Waals surface area contributed by atoms with E-state index in [4.69, 9.17) is 23.2 Å². The van der Waals surface area contributed by atoms with Crippen molar-refractivity contribution in [3.8, 4) is 0 Å². The highest BCUT2D eigenvalue weighted by Gasteiger charge is 2.04. The van der Waals surface area contributed by atoms with Crippen molar-refractivity contribution in [1.82, 2.24) is 0 Å². The van der Waals surface area contributed by atoms with Gasteiger partial charge in [0.25, 0.3) is 0 Å². The van der Waals surface area contributed by atoms with Gasteiger partial charge in [0, 0.05) is 30.2 Å². The molecular formula is C11H15Cl2N. The fourth-order valence-corrected chi connectivity index (χ4v) is 1.70. The molecule has 0 unspecified atom stereocenters. The van der Waals surface area contributed by atoms with Gasteiger partial charge >= 0.3 is 0 Å². The lowest BCUT2D eigenvalue weighted by molar-refractivity contribution is 0.853. The Hall–Kier alpha value is -0.400. The van der Waals surface area contributed by atoms with Crippen molar-refractivity contribution in [2.24, 2.45) is 0 Å². The van der Waals surface area contributed by atoms with E-state index in [1.165, 1.54) is 11.3 Å². The number of rotatable bonds is 4. The van der Waals surface area contributed by atoms with E-state index >= 15 is 0 Å². The SMILES string of the molecule is Cc1ccc(Cl)cc1N(C)CCCCl. The lowest BCUT2D eigenvalue weighted by Crippen LogP contribution is -2.19. The first kappa shape index (κ1) is 11.7. The van der Waals surface area contributed by atoms with Gasteiger partial charge in [-0.1, -0.05) is 17.7 Å². The van der Waals surface area contributed by atoms with Crippen LogP contribution in [0.4, 0.5) is 5.69 Å². The topological polar surface area (TPSA) is 3.24 Å². The van der Waals surface area contributed by atoms with Crippen molar-refractivity contribution in [3.05, 3.63) is 28.8 Å². The van der Waals surface area contributed by atoms with Gasteiger partial charge in [0.15, 0.2) is 0 Å². The molecule has 1 rings (SSSR count). The summed E-state index contributed by atoms with van der Waals surface area (Å²) in [5.41, 5.74) is 2.43. The Morgan fingerprint density at radius 2 is 2.07 bits per heavy atom. The summed E-state index contributed by atoms with van der Waals surface area (Å²) >= 11 is 11.6. The van der Waals surface area contributed by atoms with Gasteiger partial charge in [0.05, 0.1) is 0 Å². The third-order valence-electron chi connectivity index (χ3n) is 2.21. The molecule has 0 amide bonds. The highest BCUT2D eigenvalue weighted by molar-refractivity contribution is 6.30. The molecule has 1 nitrogen and oxygen atoms in total. The fourth-order valence-electron chi connectivity index (χ4n) is 1.41. The van der Waals surface area contributed by atoms with Gasteiger partial charge in [0.1, 0.15) is 0 Å². The van der Waals surface area contributed by atoms with Gasteiger partial charge in [0.2, 0.25) is 0 Å². The quantitative estimate of drug-likeness (QED) is 0.715. The number of hydrogen-bond donors (Lipinski definition) is 0. The molecule has 1 aromatic carbocycles. The van der Waals surface area contributed by atoms with Gasteiger partial charge in [-0.15, -0.1) is 11.6 Å². The van der Waals surface area contributed by atoms with Crippen LogP contribution in [0.5, 0.6) is 0 Å². The van der Waals surface area contributed by atoms with Crippen LogP contribution in [-0.2, 0) is 0 Å². The van der Waals surface area contributed by atoms with Crippen molar-refractivity contribution in [2.75, 3.05) is 24.4 Å². The number of halogens is 2. The molecule has 0 spiro atoms. The first-order valence-electron chi connectivity index (χ1n) is 4.68. The summed E-state index contributed by atoms with van der Waals surface area (Å²) in [6.45, 7) is 3.05. The molecule has 0 saturated heterocycles. The zero-order chi connectivity index (χ0) is 10.6. The zero-order valence-electron chi connectivity index (χ0n) is 8.56. The molecule has 0 heterocycles. The monoisotopic (exact) mass is 231 g/mol. The number of aryl methyl sites for hydroxylation is 1. The summed E-state index contributed by atoms with van der Waals surface area (Å²) in [6, 6.07) is 5.94. The number of hydrogen-bond acceptors (Lipinski definition) is 1. The number of alkyl halides is 1. The average Bonchev–Trinajstić information content (AvgIpc) is 2.18. The van der Waals surface area contributed by atoms with Crippen LogP contribution in [0.15, 0.2) is 18.2 Å². The van der Waals surface area contributed by atoms with Crippen LogP contribution in [0.2, 0.25) is 5.02 Å². The van der Waals surface area contributed by atoms with E-state index in [-0.39, 0.29) is 0 Å². The molecule has 1 aromatic rings. The minimum absolute atomic E-state index is 0.698. The van der Waals surface area contributed by atoms with Crippen molar-refractivity contribution in [2.45, 2.75) is 13.3 Å². The summed E-state index contributed by atoms with van der Waals surface area (Å²) in [4.78, 5) is 2.18. The highest BCUT2D eigenvalue weighted by atomic mass is 35.5. The van der Waals surface area contributed by atoms with E-state index in [1.54, 1.807) is 0 Å². The Morgan fingerprint density at radius 3 is 2.71 bits per heavy atom. The molecule has 0 aliphatic heterocycles. The number of benzene rings is 1. The first-order valence-corrected chi connectivity index (χ1v) is 5.59. The van der Waals surface area contributed by atoms with Gasteiger partial charge in [-0.05, 0) is 31.0 Å². The minimum Gasteiger partial charge on any atom is -0.374 e. The predicted octanol–water partition coefficient (Wildman–Crippen LogP) is 3.71. The van der Waals surface area contributed by atoms with Gasteiger partial charge in [-0.2, -0.15) is 0 Å². The second-order valence-corrected chi connectivity index (χ2v) is 4.21. The van der Waals surface area contributed by atoms with Gasteiger partial charge in [-0.25, -0.2) is 0 Å². The molecule has 3 heteroatoms. The normalized spacial score (nSPS) is 10.3. The Labute approximate surface area is 95.6 Å². The van der Waals surface area contributed by atoms with Gasteiger partial charge < -0.3 is 4.90 Å². The second-order valence-electron chi connectivity index (χ2n) is 3.39. The van der Waals surface area contributed by atoms with Crippen molar-refractivity contribution >= 4 is 28.9 Å². The molecular weight excluding hydrogens is 217 g/mol. The van der Waals surface area contributed by atoms with E-state index in [0.717, 1.165) is 18.0 Å². The van der Waals surface area contributed by atoms with Crippen LogP contribution < -0.4 is 4.90 Å². The molecule has 78 valence electrons. The Morgan fingerprint density at radius 1 is 1.36 bits per heavy atom.